The minimum atomic E-state index is -1.22. The highest BCUT2D eigenvalue weighted by atomic mass is 32.2. The second-order valence-corrected chi connectivity index (χ2v) is 8.73. The molecule has 1 rings (SSSR count). The molecular formula is C19H32N2O6S. The van der Waals surface area contributed by atoms with E-state index in [1.165, 1.54) is 18.7 Å². The lowest BCUT2D eigenvalue weighted by molar-refractivity contribution is -0.166. The third-order valence-electron chi connectivity index (χ3n) is 2.66. The summed E-state index contributed by atoms with van der Waals surface area (Å²) in [6, 6.07) is 0. The Balaban J connectivity index is 0.00000227. The summed E-state index contributed by atoms with van der Waals surface area (Å²) in [5.41, 5.74) is -1.38. The van der Waals surface area contributed by atoms with Crippen LogP contribution in [-0.4, -0.2) is 57.4 Å². The molecule has 1 aromatic heterocycles. The van der Waals surface area contributed by atoms with Gasteiger partial charge in [-0.15, -0.1) is 0 Å². The van der Waals surface area contributed by atoms with Crippen LogP contribution in [0.15, 0.2) is 18.7 Å². The van der Waals surface area contributed by atoms with Gasteiger partial charge in [-0.1, -0.05) is 0 Å². The number of ether oxygens (including phenoxy) is 3. The number of esters is 2. The molecular weight excluding hydrogens is 384 g/mol. The fourth-order valence-corrected chi connectivity index (χ4v) is 1.78. The number of carbonyl (C=O) groups excluding carboxylic acids is 3. The van der Waals surface area contributed by atoms with Crippen molar-refractivity contribution in [2.75, 3.05) is 12.5 Å². The molecule has 160 valence electrons. The van der Waals surface area contributed by atoms with Gasteiger partial charge in [0.1, 0.15) is 17.5 Å². The predicted octanol–water partition coefficient (Wildman–Crippen LogP) is 3.68. The predicted molar refractivity (Wildman–Crippen MR) is 108 cm³/mol. The smallest absolute Gasteiger partial charge is 0.420 e. The van der Waals surface area contributed by atoms with Crippen molar-refractivity contribution in [2.24, 2.45) is 0 Å². The summed E-state index contributed by atoms with van der Waals surface area (Å²) in [5, 5.41) is 0. The summed E-state index contributed by atoms with van der Waals surface area (Å²) in [6.45, 7) is 10.3. The highest BCUT2D eigenvalue weighted by molar-refractivity contribution is 7.97. The van der Waals surface area contributed by atoms with E-state index in [4.69, 9.17) is 14.2 Å². The Bertz CT molecular complexity index is 617. The maximum Gasteiger partial charge on any atom is 0.420 e. The van der Waals surface area contributed by atoms with Crippen molar-refractivity contribution in [3.63, 3.8) is 0 Å². The molecule has 0 fully saturated rings. The zero-order chi connectivity index (χ0) is 22.0. The fraction of sp³-hybridized carbons (Fsp3) is 0.684. The lowest BCUT2D eigenvalue weighted by atomic mass is 10.1. The van der Waals surface area contributed by atoms with Crippen molar-refractivity contribution in [1.82, 2.24) is 9.55 Å². The highest BCUT2D eigenvalue weighted by Crippen LogP contribution is 2.16. The average molecular weight is 417 g/mol. The van der Waals surface area contributed by atoms with Gasteiger partial charge in [0.25, 0.3) is 0 Å². The number of hydrogen-bond acceptors (Lipinski definition) is 8. The summed E-state index contributed by atoms with van der Waals surface area (Å²) >= 11 is 1.75. The molecule has 0 amide bonds. The molecule has 1 atom stereocenters. The molecule has 0 radical (unpaired) electrons. The van der Waals surface area contributed by atoms with Gasteiger partial charge in [-0.25, -0.2) is 19.1 Å². The highest BCUT2D eigenvalue weighted by Gasteiger charge is 2.30. The number of imidazole rings is 1. The summed E-state index contributed by atoms with van der Waals surface area (Å²) in [7, 11) is 0. The van der Waals surface area contributed by atoms with Gasteiger partial charge in [0, 0.05) is 25.2 Å². The number of thioether (sulfide) groups is 1. The van der Waals surface area contributed by atoms with Crippen LogP contribution in [0, 0.1) is 0 Å². The third kappa shape index (κ3) is 12.4. The van der Waals surface area contributed by atoms with Crippen molar-refractivity contribution in [3.05, 3.63) is 18.7 Å². The summed E-state index contributed by atoms with van der Waals surface area (Å²) in [6.07, 6.45) is 6.01. The van der Waals surface area contributed by atoms with E-state index in [2.05, 4.69) is 4.98 Å². The van der Waals surface area contributed by atoms with E-state index in [1.807, 2.05) is 12.5 Å². The van der Waals surface area contributed by atoms with Crippen molar-refractivity contribution in [2.45, 2.75) is 71.7 Å². The second kappa shape index (κ2) is 11.7. The minimum absolute atomic E-state index is 0.0374. The summed E-state index contributed by atoms with van der Waals surface area (Å²) < 4.78 is 16.7. The van der Waals surface area contributed by atoms with Crippen molar-refractivity contribution in [3.8, 4) is 0 Å². The quantitative estimate of drug-likeness (QED) is 0.530. The first-order chi connectivity index (χ1) is 12.8. The van der Waals surface area contributed by atoms with Crippen LogP contribution in [0.3, 0.4) is 0 Å². The van der Waals surface area contributed by atoms with Crippen LogP contribution < -0.4 is 0 Å². The first-order valence-corrected chi connectivity index (χ1v) is 10.5. The van der Waals surface area contributed by atoms with Crippen molar-refractivity contribution < 1.29 is 28.6 Å². The zero-order valence-electron chi connectivity index (χ0n) is 18.0. The standard InChI is InChI=1S/C17H26N2O6.C2H6S/c1-16(2,3)24-13(20)8-7-12(14(21)25-17(4,5)6)23-15(22)19-10-9-18-11-19;1-3-2/h9-12H,7-8H2,1-6H3;1-2H3. The molecule has 28 heavy (non-hydrogen) atoms. The van der Waals surface area contributed by atoms with Crippen molar-refractivity contribution >= 4 is 29.8 Å². The molecule has 0 aromatic carbocycles. The van der Waals surface area contributed by atoms with E-state index in [0.717, 1.165) is 4.57 Å². The van der Waals surface area contributed by atoms with Crippen molar-refractivity contribution in [1.29, 1.82) is 0 Å². The fourth-order valence-electron chi connectivity index (χ4n) is 1.78. The van der Waals surface area contributed by atoms with Crippen LogP contribution in [0.5, 0.6) is 0 Å². The van der Waals surface area contributed by atoms with Gasteiger partial charge in [0.15, 0.2) is 0 Å². The molecule has 1 unspecified atom stereocenters. The topological polar surface area (TPSA) is 96.7 Å². The molecule has 1 heterocycles. The van der Waals surface area contributed by atoms with Crippen LogP contribution in [0.25, 0.3) is 0 Å². The van der Waals surface area contributed by atoms with E-state index in [-0.39, 0.29) is 12.8 Å². The second-order valence-electron chi connectivity index (χ2n) is 7.91. The Morgan fingerprint density at radius 2 is 1.57 bits per heavy atom. The third-order valence-corrected chi connectivity index (χ3v) is 2.66. The molecule has 0 spiro atoms. The zero-order valence-corrected chi connectivity index (χ0v) is 18.8. The number of nitrogens with zero attached hydrogens (tertiary/aromatic N) is 2. The molecule has 0 bridgehead atoms. The number of hydrogen-bond donors (Lipinski definition) is 0. The van der Waals surface area contributed by atoms with Gasteiger partial charge in [-0.2, -0.15) is 11.8 Å². The number of rotatable bonds is 5. The van der Waals surface area contributed by atoms with Crippen LogP contribution in [0.2, 0.25) is 0 Å². The molecule has 0 saturated heterocycles. The van der Waals surface area contributed by atoms with Crippen LogP contribution in [0.1, 0.15) is 54.4 Å². The van der Waals surface area contributed by atoms with Gasteiger partial charge in [0.05, 0.1) is 0 Å². The number of carbonyl (C=O) groups is 3. The van der Waals surface area contributed by atoms with Gasteiger partial charge < -0.3 is 14.2 Å². The molecule has 0 aliphatic rings. The maximum atomic E-state index is 12.3. The molecule has 1 aromatic rings. The molecule has 9 heteroatoms. The first-order valence-electron chi connectivity index (χ1n) is 8.83. The lowest BCUT2D eigenvalue weighted by Crippen LogP contribution is -2.36. The Hall–Kier alpha value is -2.03. The Morgan fingerprint density at radius 3 is 2.00 bits per heavy atom. The Labute approximate surface area is 171 Å². The van der Waals surface area contributed by atoms with E-state index in [0.29, 0.717) is 0 Å². The average Bonchev–Trinajstić information content (AvgIpc) is 3.02. The summed E-state index contributed by atoms with van der Waals surface area (Å²) in [5.74, 6) is -1.20. The van der Waals surface area contributed by atoms with E-state index >= 15 is 0 Å². The van der Waals surface area contributed by atoms with Gasteiger partial charge in [-0.3, -0.25) is 4.79 Å². The Morgan fingerprint density at radius 1 is 1.04 bits per heavy atom. The van der Waals surface area contributed by atoms with Gasteiger partial charge in [-0.05, 0) is 54.1 Å². The minimum Gasteiger partial charge on any atom is -0.460 e. The molecule has 0 N–H and O–H groups in total. The lowest BCUT2D eigenvalue weighted by Gasteiger charge is -2.24. The van der Waals surface area contributed by atoms with Gasteiger partial charge in [0.2, 0.25) is 6.10 Å². The monoisotopic (exact) mass is 416 g/mol. The SMILES string of the molecule is CC(C)(C)OC(=O)CCC(OC(=O)n1ccnc1)C(=O)OC(C)(C)C.CSC. The van der Waals surface area contributed by atoms with E-state index in [1.54, 1.807) is 53.3 Å². The van der Waals surface area contributed by atoms with Crippen LogP contribution in [0.4, 0.5) is 4.79 Å². The molecule has 0 aliphatic heterocycles. The maximum absolute atomic E-state index is 12.3. The van der Waals surface area contributed by atoms with E-state index < -0.39 is 35.3 Å². The van der Waals surface area contributed by atoms with Gasteiger partial charge >= 0.3 is 18.0 Å². The molecule has 0 aliphatic carbocycles. The largest absolute Gasteiger partial charge is 0.460 e. The van der Waals surface area contributed by atoms with Crippen LogP contribution >= 0.6 is 11.8 Å². The van der Waals surface area contributed by atoms with E-state index in [9.17, 15) is 14.4 Å². The molecule has 0 saturated carbocycles. The number of aromatic nitrogens is 2. The molecule has 8 nitrogen and oxygen atoms in total. The Kier molecular flexibility index (Phi) is 10.9. The van der Waals surface area contributed by atoms with Crippen LogP contribution in [-0.2, 0) is 23.8 Å². The first kappa shape index (κ1) is 26.0. The normalized spacial score (nSPS) is 12.3. The summed E-state index contributed by atoms with van der Waals surface area (Å²) in [4.78, 5) is 39.9.